The van der Waals surface area contributed by atoms with E-state index in [2.05, 4.69) is 9.39 Å². The van der Waals surface area contributed by atoms with Crippen LogP contribution in [0.3, 0.4) is 0 Å². The normalized spacial score (nSPS) is 12.5. The SMILES string of the molecule is CC(=O)C(C)(C)CSCCCC(N)=NCC[CH]=[W]. The molecule has 5 heteroatoms. The van der Waals surface area contributed by atoms with Crippen molar-refractivity contribution in [1.29, 1.82) is 0 Å². The average Bonchev–Trinajstić information content (AvgIpc) is 2.28. The molecule has 0 radical (unpaired) electrons. The van der Waals surface area contributed by atoms with E-state index in [-0.39, 0.29) is 11.2 Å². The molecule has 0 aromatic carbocycles. The molecule has 0 aromatic rings. The Kier molecular flexibility index (Phi) is 9.94. The Morgan fingerprint density at radius 2 is 2.17 bits per heavy atom. The summed E-state index contributed by atoms with van der Waals surface area (Å²) in [5, 5.41) is 0. The van der Waals surface area contributed by atoms with Crippen LogP contribution in [0.5, 0.6) is 0 Å². The molecule has 0 saturated heterocycles. The van der Waals surface area contributed by atoms with Crippen molar-refractivity contribution in [2.24, 2.45) is 16.1 Å². The van der Waals surface area contributed by atoms with Gasteiger partial charge in [-0.15, -0.1) is 0 Å². The zero-order valence-electron chi connectivity index (χ0n) is 11.6. The molecule has 0 fully saturated rings. The number of hydrogen-bond donors (Lipinski definition) is 1. The summed E-state index contributed by atoms with van der Waals surface area (Å²) in [5.74, 6) is 2.94. The molecule has 3 nitrogen and oxygen atoms in total. The Hall–Kier alpha value is 0.0483. The van der Waals surface area contributed by atoms with Gasteiger partial charge in [0.1, 0.15) is 0 Å². The van der Waals surface area contributed by atoms with Gasteiger partial charge in [-0.3, -0.25) is 4.79 Å². The summed E-state index contributed by atoms with van der Waals surface area (Å²) >= 11 is 3.31. The topological polar surface area (TPSA) is 55.5 Å². The van der Waals surface area contributed by atoms with Gasteiger partial charge in [0.2, 0.25) is 0 Å². The summed E-state index contributed by atoms with van der Waals surface area (Å²) in [6.45, 7) is 6.49. The second kappa shape index (κ2) is 9.91. The van der Waals surface area contributed by atoms with E-state index in [0.29, 0.717) is 0 Å². The molecule has 0 saturated carbocycles. The summed E-state index contributed by atoms with van der Waals surface area (Å²) in [4.78, 5) is 15.6. The first-order valence-corrected chi connectivity index (χ1v) is 9.06. The fraction of sp³-hybridized carbons (Fsp3) is 0.769. The monoisotopic (exact) mass is 440 g/mol. The Labute approximate surface area is 126 Å². The quantitative estimate of drug-likeness (QED) is 0.322. The van der Waals surface area contributed by atoms with Crippen LogP contribution in [0.2, 0.25) is 0 Å². The molecule has 0 aromatic heterocycles. The van der Waals surface area contributed by atoms with Crippen molar-refractivity contribution in [2.75, 3.05) is 18.1 Å². The summed E-state index contributed by atoms with van der Waals surface area (Å²) in [6, 6.07) is 0. The van der Waals surface area contributed by atoms with Crippen molar-refractivity contribution in [3.05, 3.63) is 0 Å². The third kappa shape index (κ3) is 9.04. The van der Waals surface area contributed by atoms with Gasteiger partial charge in [-0.25, -0.2) is 0 Å². The van der Waals surface area contributed by atoms with E-state index in [0.717, 1.165) is 43.1 Å². The minimum atomic E-state index is -0.205. The molecule has 2 N–H and O–H groups in total. The summed E-state index contributed by atoms with van der Waals surface area (Å²) < 4.78 is 2.18. The molecule has 0 aliphatic carbocycles. The van der Waals surface area contributed by atoms with Gasteiger partial charge >= 0.3 is 114 Å². The van der Waals surface area contributed by atoms with E-state index in [1.54, 1.807) is 6.92 Å². The van der Waals surface area contributed by atoms with Gasteiger partial charge in [0.25, 0.3) is 0 Å². The van der Waals surface area contributed by atoms with Gasteiger partial charge in [0.15, 0.2) is 0 Å². The number of aliphatic imine (C=N–C) groups is 1. The molecule has 18 heavy (non-hydrogen) atoms. The van der Waals surface area contributed by atoms with Crippen LogP contribution in [0.15, 0.2) is 4.99 Å². The zero-order valence-corrected chi connectivity index (χ0v) is 15.3. The Morgan fingerprint density at radius 1 is 1.50 bits per heavy atom. The number of ketones is 1. The van der Waals surface area contributed by atoms with Crippen LogP contribution in [0, 0.1) is 5.41 Å². The predicted octanol–water partition coefficient (Wildman–Crippen LogP) is 2.21. The van der Waals surface area contributed by atoms with Crippen molar-refractivity contribution in [1.82, 2.24) is 0 Å². The third-order valence-corrected chi connectivity index (χ3v) is 5.05. The molecule has 0 rings (SSSR count). The Balaban J connectivity index is 3.65. The first-order valence-electron chi connectivity index (χ1n) is 6.21. The molecule has 0 bridgehead atoms. The van der Waals surface area contributed by atoms with Crippen molar-refractivity contribution in [2.45, 2.75) is 40.0 Å². The van der Waals surface area contributed by atoms with Crippen LogP contribution in [0.1, 0.15) is 40.0 Å². The summed E-state index contributed by atoms with van der Waals surface area (Å²) in [7, 11) is 0. The van der Waals surface area contributed by atoms with Gasteiger partial charge in [-0.05, 0) is 6.92 Å². The molecule has 0 aliphatic rings. The van der Waals surface area contributed by atoms with E-state index in [1.165, 1.54) is 19.4 Å². The molecule has 104 valence electrons. The van der Waals surface area contributed by atoms with Crippen LogP contribution in [0.25, 0.3) is 0 Å². The average molecular weight is 440 g/mol. The maximum atomic E-state index is 11.3. The molecular weight excluding hydrogens is 416 g/mol. The first kappa shape index (κ1) is 18.0. The van der Waals surface area contributed by atoms with Crippen molar-refractivity contribution in [3.8, 4) is 0 Å². The van der Waals surface area contributed by atoms with Crippen LogP contribution in [0.4, 0.5) is 0 Å². The number of rotatable bonds is 10. The maximum absolute atomic E-state index is 11.3. The van der Waals surface area contributed by atoms with Crippen molar-refractivity contribution >= 4 is 27.8 Å². The van der Waals surface area contributed by atoms with E-state index in [9.17, 15) is 4.79 Å². The Morgan fingerprint density at radius 3 is 2.72 bits per heavy atom. The van der Waals surface area contributed by atoms with Crippen LogP contribution < -0.4 is 5.73 Å². The molecule has 0 atom stereocenters. The fourth-order valence-corrected chi connectivity index (χ4v) is 2.71. The number of hydrogen-bond acceptors (Lipinski definition) is 3. The van der Waals surface area contributed by atoms with Gasteiger partial charge in [-0.2, -0.15) is 0 Å². The number of carbonyl (C=O) groups excluding carboxylic acids is 1. The van der Waals surface area contributed by atoms with Gasteiger partial charge in [0, 0.05) is 0 Å². The summed E-state index contributed by atoms with van der Waals surface area (Å²) in [5.41, 5.74) is 5.61. The standard InChI is InChI=1S/C13H24N2OS.W/c1-5-8-15-12(14)7-6-9-17-10-13(3,4)11(2)16;/h1H,5-10H2,2-4H3,(H2,14,15);. The van der Waals surface area contributed by atoms with Gasteiger partial charge < -0.3 is 0 Å². The zero-order chi connectivity index (χ0) is 14.0. The number of nitrogens with two attached hydrogens (primary N) is 1. The third-order valence-electron chi connectivity index (χ3n) is 2.70. The number of nitrogens with zero attached hydrogens (tertiary/aromatic N) is 1. The molecule has 0 spiro atoms. The van der Waals surface area contributed by atoms with E-state index < -0.39 is 0 Å². The number of Topliss-reactive ketones (excluding diaryl/α,β-unsaturated/α-hetero) is 1. The number of carbonyl (C=O) groups is 1. The van der Waals surface area contributed by atoms with E-state index in [1.807, 2.05) is 25.6 Å². The summed E-state index contributed by atoms with van der Waals surface area (Å²) in [6.07, 6.45) is 2.93. The number of thioether (sulfide) groups is 1. The molecule has 0 unspecified atom stereocenters. The second-order valence-corrected chi connectivity index (χ2v) is 7.23. The van der Waals surface area contributed by atoms with Crippen molar-refractivity contribution < 1.29 is 24.1 Å². The van der Waals surface area contributed by atoms with Gasteiger partial charge in [-0.1, -0.05) is 0 Å². The van der Waals surface area contributed by atoms with Crippen LogP contribution in [-0.4, -0.2) is 34.1 Å². The van der Waals surface area contributed by atoms with Crippen LogP contribution >= 0.6 is 11.8 Å². The number of amidine groups is 1. The van der Waals surface area contributed by atoms with Gasteiger partial charge in [0.05, 0.1) is 0 Å². The second-order valence-electron chi connectivity index (χ2n) is 4.92. The molecule has 0 amide bonds. The minimum absolute atomic E-state index is 0.205. The van der Waals surface area contributed by atoms with E-state index >= 15 is 0 Å². The van der Waals surface area contributed by atoms with E-state index in [4.69, 9.17) is 5.73 Å². The molecular formula is C13H24N2OSW. The Bertz CT molecular complexity index is 303. The molecule has 0 aliphatic heterocycles. The fourth-order valence-electron chi connectivity index (χ4n) is 1.12. The predicted molar refractivity (Wildman–Crippen MR) is 78.2 cm³/mol. The molecule has 0 heterocycles. The first-order chi connectivity index (χ1) is 8.40. The van der Waals surface area contributed by atoms with Crippen molar-refractivity contribution in [3.63, 3.8) is 0 Å². The van der Waals surface area contributed by atoms with Crippen LogP contribution in [-0.2, 0) is 24.1 Å².